The number of para-hydroxylation sites is 1. The van der Waals surface area contributed by atoms with Crippen LogP contribution in [0.2, 0.25) is 0 Å². The van der Waals surface area contributed by atoms with Crippen LogP contribution in [0, 0.1) is 12.3 Å². The zero-order valence-electron chi connectivity index (χ0n) is 16.0. The van der Waals surface area contributed by atoms with Gasteiger partial charge in [0.05, 0.1) is 11.3 Å². The number of anilines is 1. The molecule has 0 aliphatic carbocycles. The number of pyridine rings is 1. The number of hydrogen-bond acceptors (Lipinski definition) is 4. The highest BCUT2D eigenvalue weighted by atomic mass is 16.5. The minimum atomic E-state index is -0.287. The van der Waals surface area contributed by atoms with Crippen molar-refractivity contribution in [1.29, 1.82) is 0 Å². The number of terminal acetylenes is 1. The first-order valence-electron chi connectivity index (χ1n) is 9.28. The third-order valence-electron chi connectivity index (χ3n) is 4.33. The van der Waals surface area contributed by atoms with Crippen LogP contribution in [0.3, 0.4) is 0 Å². The number of rotatable bonds is 6. The predicted molar refractivity (Wildman–Crippen MR) is 116 cm³/mol. The zero-order chi connectivity index (χ0) is 20.8. The molecular formula is C24H18N4O2. The molecule has 30 heavy (non-hydrogen) atoms. The van der Waals surface area contributed by atoms with Crippen molar-refractivity contribution >= 4 is 11.6 Å². The molecule has 1 N–H and O–H groups in total. The van der Waals surface area contributed by atoms with Gasteiger partial charge in [0, 0.05) is 35.9 Å². The molecular weight excluding hydrogens is 376 g/mol. The maximum Gasteiger partial charge on any atom is 0.259 e. The molecule has 0 fully saturated rings. The Bertz CT molecular complexity index is 1190. The lowest BCUT2D eigenvalue weighted by Gasteiger charge is -2.08. The molecule has 0 aliphatic heterocycles. The van der Waals surface area contributed by atoms with E-state index in [-0.39, 0.29) is 12.5 Å². The number of carbonyl (C=O) groups is 1. The standard InChI is InChI=1S/C24H18N4O2/c1-2-14-30-21-12-6-9-19(15-21)26-24(29)22-17-28(20-10-4-3-5-11-20)27-23(22)18-8-7-13-25-16-18/h1,3-13,15-17H,14H2,(H,26,29). The van der Waals surface area contributed by atoms with E-state index in [0.717, 1.165) is 11.3 Å². The first-order valence-corrected chi connectivity index (χ1v) is 9.28. The molecule has 1 amide bonds. The molecule has 2 heterocycles. The van der Waals surface area contributed by atoms with Crippen LogP contribution in [0.15, 0.2) is 85.3 Å². The van der Waals surface area contributed by atoms with Gasteiger partial charge in [-0.05, 0) is 36.4 Å². The number of nitrogens with zero attached hydrogens (tertiary/aromatic N) is 3. The Hall–Kier alpha value is -4.37. The monoisotopic (exact) mass is 394 g/mol. The van der Waals surface area contributed by atoms with Crippen molar-refractivity contribution in [3.63, 3.8) is 0 Å². The highest BCUT2D eigenvalue weighted by molar-refractivity contribution is 6.08. The maximum absolute atomic E-state index is 13.1. The Morgan fingerprint density at radius 3 is 2.73 bits per heavy atom. The van der Waals surface area contributed by atoms with Crippen molar-refractivity contribution in [3.05, 3.63) is 90.9 Å². The summed E-state index contributed by atoms with van der Waals surface area (Å²) in [7, 11) is 0. The molecule has 0 bridgehead atoms. The molecule has 146 valence electrons. The minimum Gasteiger partial charge on any atom is -0.481 e. The molecule has 6 nitrogen and oxygen atoms in total. The fourth-order valence-corrected chi connectivity index (χ4v) is 2.96. The second kappa shape index (κ2) is 8.76. The smallest absolute Gasteiger partial charge is 0.259 e. The Morgan fingerprint density at radius 2 is 1.97 bits per heavy atom. The Balaban J connectivity index is 1.68. The lowest BCUT2D eigenvalue weighted by molar-refractivity contribution is 0.102. The van der Waals surface area contributed by atoms with E-state index in [1.54, 1.807) is 47.5 Å². The van der Waals surface area contributed by atoms with Gasteiger partial charge in [-0.2, -0.15) is 5.10 Å². The van der Waals surface area contributed by atoms with Crippen LogP contribution in [-0.4, -0.2) is 27.3 Å². The van der Waals surface area contributed by atoms with Crippen LogP contribution < -0.4 is 10.1 Å². The number of nitrogens with one attached hydrogen (secondary N) is 1. The average molecular weight is 394 g/mol. The van der Waals surface area contributed by atoms with E-state index in [1.807, 2.05) is 42.5 Å². The normalized spacial score (nSPS) is 10.2. The fourth-order valence-electron chi connectivity index (χ4n) is 2.96. The van der Waals surface area contributed by atoms with Gasteiger partial charge in [-0.25, -0.2) is 4.68 Å². The Labute approximate surface area is 174 Å². The number of carbonyl (C=O) groups excluding carboxylic acids is 1. The third-order valence-corrected chi connectivity index (χ3v) is 4.33. The second-order valence-electron chi connectivity index (χ2n) is 6.39. The molecule has 6 heteroatoms. The predicted octanol–water partition coefficient (Wildman–Crippen LogP) is 4.20. The topological polar surface area (TPSA) is 69.0 Å². The van der Waals surface area contributed by atoms with Gasteiger partial charge in [-0.15, -0.1) is 6.42 Å². The van der Waals surface area contributed by atoms with Crippen molar-refractivity contribution in [2.45, 2.75) is 0 Å². The number of aromatic nitrogens is 3. The molecule has 0 spiro atoms. The van der Waals surface area contributed by atoms with Gasteiger partial charge < -0.3 is 10.1 Å². The quantitative estimate of drug-likeness (QED) is 0.498. The van der Waals surface area contributed by atoms with E-state index in [0.29, 0.717) is 22.7 Å². The average Bonchev–Trinajstić information content (AvgIpc) is 3.25. The summed E-state index contributed by atoms with van der Waals surface area (Å²) in [6.45, 7) is 0.159. The number of benzene rings is 2. The second-order valence-corrected chi connectivity index (χ2v) is 6.39. The molecule has 0 saturated heterocycles. The van der Waals surface area contributed by atoms with Crippen molar-refractivity contribution in [3.8, 4) is 35.0 Å². The summed E-state index contributed by atoms with van der Waals surface area (Å²) in [6.07, 6.45) is 10.3. The summed E-state index contributed by atoms with van der Waals surface area (Å²) < 4.78 is 7.11. The van der Waals surface area contributed by atoms with Gasteiger partial charge in [-0.3, -0.25) is 9.78 Å². The van der Waals surface area contributed by atoms with Crippen LogP contribution in [-0.2, 0) is 0 Å². The van der Waals surface area contributed by atoms with Gasteiger partial charge in [-0.1, -0.05) is 30.2 Å². The van der Waals surface area contributed by atoms with Crippen LogP contribution >= 0.6 is 0 Å². The van der Waals surface area contributed by atoms with E-state index < -0.39 is 0 Å². The SMILES string of the molecule is C#CCOc1cccc(NC(=O)c2cn(-c3ccccc3)nc2-c2cccnc2)c1. The van der Waals surface area contributed by atoms with Gasteiger partial charge in [0.15, 0.2) is 0 Å². The molecule has 0 aliphatic rings. The molecule has 4 aromatic rings. The number of amides is 1. The molecule has 2 aromatic heterocycles. The van der Waals surface area contributed by atoms with Gasteiger partial charge >= 0.3 is 0 Å². The van der Waals surface area contributed by atoms with E-state index in [1.165, 1.54) is 0 Å². The van der Waals surface area contributed by atoms with Gasteiger partial charge in [0.25, 0.3) is 5.91 Å². The summed E-state index contributed by atoms with van der Waals surface area (Å²) in [6, 6.07) is 20.4. The number of ether oxygens (including phenoxy) is 1. The van der Waals surface area contributed by atoms with Crippen LogP contribution in [0.4, 0.5) is 5.69 Å². The zero-order valence-corrected chi connectivity index (χ0v) is 16.0. The maximum atomic E-state index is 13.1. The van der Waals surface area contributed by atoms with Gasteiger partial charge in [0.1, 0.15) is 18.1 Å². The lowest BCUT2D eigenvalue weighted by atomic mass is 10.1. The Morgan fingerprint density at radius 1 is 1.10 bits per heavy atom. The van der Waals surface area contributed by atoms with E-state index in [9.17, 15) is 4.79 Å². The molecule has 2 aromatic carbocycles. The van der Waals surface area contributed by atoms with Crippen molar-refractivity contribution in [1.82, 2.24) is 14.8 Å². The first-order chi connectivity index (χ1) is 14.7. The van der Waals surface area contributed by atoms with E-state index in [2.05, 4.69) is 21.3 Å². The lowest BCUT2D eigenvalue weighted by Crippen LogP contribution is -2.12. The fraction of sp³-hybridized carbons (Fsp3) is 0.0417. The third kappa shape index (κ3) is 4.21. The highest BCUT2D eigenvalue weighted by Crippen LogP contribution is 2.25. The molecule has 0 radical (unpaired) electrons. The van der Waals surface area contributed by atoms with E-state index in [4.69, 9.17) is 11.2 Å². The van der Waals surface area contributed by atoms with Crippen molar-refractivity contribution in [2.24, 2.45) is 0 Å². The molecule has 4 rings (SSSR count). The summed E-state index contributed by atoms with van der Waals surface area (Å²) in [5.74, 6) is 2.71. The first kappa shape index (κ1) is 19.0. The van der Waals surface area contributed by atoms with E-state index >= 15 is 0 Å². The van der Waals surface area contributed by atoms with Gasteiger partial charge in [0.2, 0.25) is 0 Å². The molecule has 0 saturated carbocycles. The summed E-state index contributed by atoms with van der Waals surface area (Å²) in [5.41, 5.74) is 3.18. The largest absolute Gasteiger partial charge is 0.481 e. The Kier molecular flexibility index (Phi) is 5.54. The van der Waals surface area contributed by atoms with Crippen LogP contribution in [0.25, 0.3) is 16.9 Å². The van der Waals surface area contributed by atoms with Crippen LogP contribution in [0.1, 0.15) is 10.4 Å². The van der Waals surface area contributed by atoms with Crippen molar-refractivity contribution < 1.29 is 9.53 Å². The summed E-state index contributed by atoms with van der Waals surface area (Å²) in [4.78, 5) is 17.3. The highest BCUT2D eigenvalue weighted by Gasteiger charge is 2.19. The summed E-state index contributed by atoms with van der Waals surface area (Å²) >= 11 is 0. The van der Waals surface area contributed by atoms with Crippen molar-refractivity contribution in [2.75, 3.05) is 11.9 Å². The minimum absolute atomic E-state index is 0.159. The molecule has 0 unspecified atom stereocenters. The molecule has 0 atom stereocenters. The summed E-state index contributed by atoms with van der Waals surface area (Å²) in [5, 5.41) is 7.55. The van der Waals surface area contributed by atoms with Crippen LogP contribution in [0.5, 0.6) is 5.75 Å². The number of hydrogen-bond donors (Lipinski definition) is 1.